The van der Waals surface area contributed by atoms with Crippen molar-refractivity contribution in [1.29, 1.82) is 0 Å². The lowest BCUT2D eigenvalue weighted by Crippen LogP contribution is -2.40. The lowest BCUT2D eigenvalue weighted by molar-refractivity contribution is 0.194. The first-order chi connectivity index (χ1) is 6.24. The molecule has 0 radical (unpaired) electrons. The van der Waals surface area contributed by atoms with Crippen molar-refractivity contribution in [3.8, 4) is 0 Å². The molecule has 4 heteroatoms. The van der Waals surface area contributed by atoms with Crippen LogP contribution in [0.25, 0.3) is 0 Å². The van der Waals surface area contributed by atoms with Gasteiger partial charge in [-0.2, -0.15) is 0 Å². The highest BCUT2D eigenvalue weighted by Crippen LogP contribution is 2.16. The van der Waals surface area contributed by atoms with Crippen molar-refractivity contribution in [3.63, 3.8) is 0 Å². The van der Waals surface area contributed by atoms with Gasteiger partial charge in [0.05, 0.1) is 0 Å². The lowest BCUT2D eigenvalue weighted by atomic mass is 10.5. The average Bonchev–Trinajstić information content (AvgIpc) is 2.15. The van der Waals surface area contributed by atoms with Crippen molar-refractivity contribution in [3.05, 3.63) is 12.3 Å². The number of nitrogens with two attached hydrogens (primary N) is 1. The largest absolute Gasteiger partial charge is 0.392 e. The molecule has 3 nitrogen and oxygen atoms in total. The third-order valence-electron chi connectivity index (χ3n) is 1.82. The van der Waals surface area contributed by atoms with Crippen LogP contribution >= 0.6 is 0 Å². The van der Waals surface area contributed by atoms with Crippen LogP contribution in [0.15, 0.2) is 12.3 Å². The van der Waals surface area contributed by atoms with E-state index in [9.17, 15) is 0 Å². The van der Waals surface area contributed by atoms with Crippen LogP contribution in [0.4, 0.5) is 0 Å². The van der Waals surface area contributed by atoms with Crippen LogP contribution in [0.5, 0.6) is 0 Å². The predicted octanol–water partition coefficient (Wildman–Crippen LogP) is 1.58. The zero-order chi connectivity index (χ0) is 10.2. The van der Waals surface area contributed by atoms with E-state index in [4.69, 9.17) is 14.6 Å². The summed E-state index contributed by atoms with van der Waals surface area (Å²) in [5.41, 5.74) is 7.32. The molecule has 0 atom stereocenters. The molecule has 0 aliphatic heterocycles. The molecule has 2 N–H and O–H groups in total. The van der Waals surface area contributed by atoms with E-state index >= 15 is 0 Å². The summed E-state index contributed by atoms with van der Waals surface area (Å²) < 4.78 is 11.3. The van der Waals surface area contributed by atoms with Gasteiger partial charge in [0.15, 0.2) is 0 Å². The van der Waals surface area contributed by atoms with E-state index in [1.165, 1.54) is 0 Å². The van der Waals surface area contributed by atoms with E-state index in [1.807, 2.05) is 19.5 Å². The SMILES string of the molecule is C=C[Si](CCCN)(OCC)OCC. The molecule has 0 aromatic carbocycles. The number of hydrogen-bond donors (Lipinski definition) is 1. The maximum Gasteiger partial charge on any atom is 0.364 e. The molecule has 0 aromatic heterocycles. The number of rotatable bonds is 8. The molecule has 0 aliphatic rings. The molecule has 0 fully saturated rings. The highest BCUT2D eigenvalue weighted by atomic mass is 28.4. The van der Waals surface area contributed by atoms with Crippen LogP contribution in [0.2, 0.25) is 6.04 Å². The summed E-state index contributed by atoms with van der Waals surface area (Å²) in [4.78, 5) is 0. The Labute approximate surface area is 82.2 Å². The summed E-state index contributed by atoms with van der Waals surface area (Å²) in [5.74, 6) is 0. The Bertz CT molecular complexity index is 136. The summed E-state index contributed by atoms with van der Waals surface area (Å²) >= 11 is 0. The van der Waals surface area contributed by atoms with Crippen molar-refractivity contribution in [2.24, 2.45) is 5.73 Å². The van der Waals surface area contributed by atoms with Gasteiger partial charge in [-0.1, -0.05) is 0 Å². The van der Waals surface area contributed by atoms with E-state index in [-0.39, 0.29) is 0 Å². The van der Waals surface area contributed by atoms with Crippen LogP contribution in [0.1, 0.15) is 20.3 Å². The fourth-order valence-corrected chi connectivity index (χ4v) is 3.73. The van der Waals surface area contributed by atoms with Crippen molar-refractivity contribution >= 4 is 8.56 Å². The van der Waals surface area contributed by atoms with E-state index in [0.717, 1.165) is 12.5 Å². The molecule has 0 bridgehead atoms. The number of hydrogen-bond acceptors (Lipinski definition) is 3. The third-order valence-corrected chi connectivity index (χ3v) is 5.04. The first-order valence-corrected chi connectivity index (χ1v) is 6.96. The van der Waals surface area contributed by atoms with Gasteiger partial charge in [0.25, 0.3) is 0 Å². The smallest absolute Gasteiger partial charge is 0.364 e. The molecule has 0 unspecified atom stereocenters. The minimum absolute atomic E-state index is 0.683. The highest BCUT2D eigenvalue weighted by molar-refractivity contribution is 6.72. The maximum absolute atomic E-state index is 5.66. The second-order valence-electron chi connectivity index (χ2n) is 2.77. The van der Waals surface area contributed by atoms with E-state index < -0.39 is 8.56 Å². The Kier molecular flexibility index (Phi) is 7.17. The fourth-order valence-electron chi connectivity index (χ4n) is 1.24. The topological polar surface area (TPSA) is 44.5 Å². The zero-order valence-corrected chi connectivity index (χ0v) is 9.71. The molecule has 0 spiro atoms. The van der Waals surface area contributed by atoms with E-state index in [2.05, 4.69) is 6.58 Å². The molecular weight excluding hydrogens is 182 g/mol. The normalized spacial score (nSPS) is 11.6. The van der Waals surface area contributed by atoms with Gasteiger partial charge in [-0.05, 0) is 38.6 Å². The first-order valence-electron chi connectivity index (χ1n) is 4.86. The second-order valence-corrected chi connectivity index (χ2v) is 5.88. The van der Waals surface area contributed by atoms with Crippen molar-refractivity contribution in [2.45, 2.75) is 26.3 Å². The second kappa shape index (κ2) is 7.26. The van der Waals surface area contributed by atoms with Gasteiger partial charge < -0.3 is 14.6 Å². The monoisotopic (exact) mass is 203 g/mol. The highest BCUT2D eigenvalue weighted by Gasteiger charge is 2.32. The summed E-state index contributed by atoms with van der Waals surface area (Å²) in [6.07, 6.45) is 0.943. The lowest BCUT2D eigenvalue weighted by Gasteiger charge is -2.26. The van der Waals surface area contributed by atoms with Crippen LogP contribution in [-0.2, 0) is 8.85 Å². The Morgan fingerprint density at radius 3 is 2.15 bits per heavy atom. The average molecular weight is 203 g/mol. The van der Waals surface area contributed by atoms with Crippen LogP contribution in [0.3, 0.4) is 0 Å². The molecule has 0 saturated carbocycles. The maximum atomic E-state index is 5.66. The van der Waals surface area contributed by atoms with Gasteiger partial charge in [-0.3, -0.25) is 0 Å². The molecule has 78 valence electrons. The van der Waals surface area contributed by atoms with Crippen LogP contribution < -0.4 is 5.73 Å². The predicted molar refractivity (Wildman–Crippen MR) is 57.7 cm³/mol. The molecule has 0 heterocycles. The Balaban J connectivity index is 4.16. The molecular formula is C9H21NO2Si. The van der Waals surface area contributed by atoms with Gasteiger partial charge in [-0.25, -0.2) is 0 Å². The summed E-state index contributed by atoms with van der Waals surface area (Å²) in [5, 5.41) is 0. The van der Waals surface area contributed by atoms with E-state index in [1.54, 1.807) is 0 Å². The van der Waals surface area contributed by atoms with Crippen LogP contribution in [0, 0.1) is 0 Å². The zero-order valence-electron chi connectivity index (χ0n) is 8.71. The van der Waals surface area contributed by atoms with Gasteiger partial charge in [-0.15, -0.1) is 6.58 Å². The molecule has 0 amide bonds. The molecule has 13 heavy (non-hydrogen) atoms. The Hall–Kier alpha value is -0.163. The van der Waals surface area contributed by atoms with Crippen LogP contribution in [-0.4, -0.2) is 28.3 Å². The van der Waals surface area contributed by atoms with Gasteiger partial charge in [0, 0.05) is 13.2 Å². The van der Waals surface area contributed by atoms with Gasteiger partial charge in [0.2, 0.25) is 0 Å². The fraction of sp³-hybridized carbons (Fsp3) is 0.778. The summed E-state index contributed by atoms with van der Waals surface area (Å²) in [7, 11) is -2.11. The van der Waals surface area contributed by atoms with Crippen molar-refractivity contribution < 1.29 is 8.85 Å². The summed E-state index contributed by atoms with van der Waals surface area (Å²) in [6.45, 7) is 9.80. The standard InChI is InChI=1S/C9H21NO2Si/c1-4-11-13(6-3,12-5-2)9-7-8-10/h6H,3-5,7-10H2,1-2H3. The Morgan fingerprint density at radius 1 is 1.31 bits per heavy atom. The van der Waals surface area contributed by atoms with Crippen molar-refractivity contribution in [2.75, 3.05) is 19.8 Å². The molecule has 0 aromatic rings. The molecule has 0 aliphatic carbocycles. The summed E-state index contributed by atoms with van der Waals surface area (Å²) in [6, 6.07) is 0.911. The van der Waals surface area contributed by atoms with Crippen molar-refractivity contribution in [1.82, 2.24) is 0 Å². The quantitative estimate of drug-likeness (QED) is 0.609. The third kappa shape index (κ3) is 4.57. The minimum Gasteiger partial charge on any atom is -0.392 e. The minimum atomic E-state index is -2.11. The molecule has 0 rings (SSSR count). The Morgan fingerprint density at radius 2 is 1.85 bits per heavy atom. The van der Waals surface area contributed by atoms with E-state index in [0.29, 0.717) is 19.8 Å². The molecule has 0 saturated heterocycles. The van der Waals surface area contributed by atoms with Gasteiger partial charge in [0.1, 0.15) is 0 Å². The first kappa shape index (κ1) is 12.8. The van der Waals surface area contributed by atoms with Gasteiger partial charge >= 0.3 is 8.56 Å².